The lowest BCUT2D eigenvalue weighted by molar-refractivity contribution is -0.187. The van der Waals surface area contributed by atoms with Crippen LogP contribution < -0.4 is 9.47 Å². The minimum atomic E-state index is -4.28. The standard InChI is InChI=1S/C33H35F7O2/c1-2-3-4-21-7-12-24(13-8-21)25-14-9-22(10-15-25)5-6-23-11-16-27(28(34)17-23)33(39,40)42-26-18-29(35)32(30(36)19-26)41-20-31(37)38/h2,5-6,11,16-22,24-25H,1,3-4,7-10,12-15H2/b6-5+. The maximum atomic E-state index is 14.7. The average molecular weight is 597 g/mol. The Morgan fingerprint density at radius 2 is 1.48 bits per heavy atom. The van der Waals surface area contributed by atoms with Crippen LogP contribution in [-0.2, 0) is 6.11 Å². The third-order valence-electron chi connectivity index (χ3n) is 8.50. The van der Waals surface area contributed by atoms with Crippen LogP contribution in [0.15, 0.2) is 61.4 Å². The van der Waals surface area contributed by atoms with Crippen LogP contribution in [0.4, 0.5) is 30.7 Å². The number of rotatable bonds is 11. The minimum absolute atomic E-state index is 0.203. The molecule has 0 heterocycles. The second-order valence-electron chi connectivity index (χ2n) is 11.3. The molecule has 2 fully saturated rings. The Labute approximate surface area is 241 Å². The van der Waals surface area contributed by atoms with E-state index in [1.165, 1.54) is 38.2 Å². The van der Waals surface area contributed by atoms with E-state index >= 15 is 0 Å². The largest absolute Gasteiger partial charge is 0.453 e. The second kappa shape index (κ2) is 14.3. The first-order valence-corrected chi connectivity index (χ1v) is 14.4. The van der Waals surface area contributed by atoms with Crippen LogP contribution in [0.2, 0.25) is 0 Å². The van der Waals surface area contributed by atoms with Crippen molar-refractivity contribution in [3.8, 4) is 11.5 Å². The summed E-state index contributed by atoms with van der Waals surface area (Å²) in [5, 5.41) is 0. The van der Waals surface area contributed by atoms with Gasteiger partial charge in [-0.05, 0) is 92.7 Å². The molecule has 0 aromatic heterocycles. The summed E-state index contributed by atoms with van der Waals surface area (Å²) in [6.07, 6.45) is 10.8. The molecule has 2 saturated carbocycles. The summed E-state index contributed by atoms with van der Waals surface area (Å²) in [6, 6.07) is 3.79. The molecule has 2 aromatic carbocycles. The smallest absolute Gasteiger partial charge is 0.429 e. The van der Waals surface area contributed by atoms with Crippen LogP contribution in [0.1, 0.15) is 75.3 Å². The van der Waals surface area contributed by atoms with Crippen molar-refractivity contribution in [2.24, 2.45) is 23.7 Å². The molecule has 0 spiro atoms. The van der Waals surface area contributed by atoms with Crippen molar-refractivity contribution in [3.05, 3.63) is 90.0 Å². The van der Waals surface area contributed by atoms with Crippen molar-refractivity contribution in [1.29, 1.82) is 0 Å². The van der Waals surface area contributed by atoms with Crippen molar-refractivity contribution in [2.75, 3.05) is 0 Å². The Morgan fingerprint density at radius 3 is 2.05 bits per heavy atom. The van der Waals surface area contributed by atoms with Gasteiger partial charge in [0.2, 0.25) is 0 Å². The van der Waals surface area contributed by atoms with Gasteiger partial charge in [-0.15, -0.1) is 6.58 Å². The van der Waals surface area contributed by atoms with Gasteiger partial charge in [-0.25, -0.2) is 13.2 Å². The Kier molecular flexibility index (Phi) is 10.8. The summed E-state index contributed by atoms with van der Waals surface area (Å²) in [5.41, 5.74) is -0.721. The van der Waals surface area contributed by atoms with Gasteiger partial charge in [0, 0.05) is 12.1 Å². The molecule has 0 radical (unpaired) electrons. The van der Waals surface area contributed by atoms with Crippen molar-refractivity contribution in [3.63, 3.8) is 0 Å². The summed E-state index contributed by atoms with van der Waals surface area (Å²) in [4.78, 5) is 0. The SMILES string of the molecule is C=CCCC1CCC(C2CCC(/C=C/c3ccc(C(F)(F)Oc4cc(F)c(OC=C(F)F)c(F)c4)c(F)c3)CC2)CC1. The second-order valence-corrected chi connectivity index (χ2v) is 11.3. The zero-order valence-corrected chi connectivity index (χ0v) is 23.2. The van der Waals surface area contributed by atoms with Crippen molar-refractivity contribution in [2.45, 2.75) is 70.3 Å². The number of benzene rings is 2. The Bertz CT molecular complexity index is 1250. The van der Waals surface area contributed by atoms with Crippen LogP contribution in [0.5, 0.6) is 11.5 Å². The fraction of sp³-hybridized carbons (Fsp3) is 0.455. The summed E-state index contributed by atoms with van der Waals surface area (Å²) in [5.74, 6) is -3.86. The van der Waals surface area contributed by atoms with E-state index in [-0.39, 0.29) is 6.26 Å². The Hall–Kier alpha value is -3.23. The topological polar surface area (TPSA) is 18.5 Å². The lowest BCUT2D eigenvalue weighted by Crippen LogP contribution is -2.25. The van der Waals surface area contributed by atoms with Crippen LogP contribution in [0.25, 0.3) is 6.08 Å². The molecule has 0 aliphatic heterocycles. The normalized spacial score (nSPS) is 23.0. The van der Waals surface area contributed by atoms with Gasteiger partial charge in [0.15, 0.2) is 23.6 Å². The molecule has 0 N–H and O–H groups in total. The molecule has 2 aliphatic rings. The summed E-state index contributed by atoms with van der Waals surface area (Å²) in [6.45, 7) is 3.82. The number of ether oxygens (including phenoxy) is 2. The van der Waals surface area contributed by atoms with E-state index in [2.05, 4.69) is 16.1 Å². The first kappa shape index (κ1) is 31.7. The molecule has 2 aromatic rings. The first-order chi connectivity index (χ1) is 20.1. The highest BCUT2D eigenvalue weighted by Gasteiger charge is 2.38. The quantitative estimate of drug-likeness (QED) is 0.146. The molecule has 228 valence electrons. The van der Waals surface area contributed by atoms with Gasteiger partial charge < -0.3 is 9.47 Å². The predicted octanol–water partition coefficient (Wildman–Crippen LogP) is 10.9. The van der Waals surface area contributed by atoms with Crippen LogP contribution in [0, 0.1) is 41.1 Å². The maximum Gasteiger partial charge on any atom is 0.429 e. The Morgan fingerprint density at radius 1 is 0.857 bits per heavy atom. The molecule has 9 heteroatoms. The van der Waals surface area contributed by atoms with E-state index in [0.29, 0.717) is 23.6 Å². The van der Waals surface area contributed by atoms with E-state index in [4.69, 9.17) is 0 Å². The zero-order chi connectivity index (χ0) is 30.3. The van der Waals surface area contributed by atoms with Gasteiger partial charge in [-0.1, -0.05) is 37.1 Å². The van der Waals surface area contributed by atoms with Crippen LogP contribution in [-0.4, -0.2) is 0 Å². The van der Waals surface area contributed by atoms with Gasteiger partial charge >= 0.3 is 12.2 Å². The Balaban J connectivity index is 1.31. The number of hydrogen-bond donors (Lipinski definition) is 0. The molecule has 2 aliphatic carbocycles. The van der Waals surface area contributed by atoms with E-state index in [9.17, 15) is 30.7 Å². The highest BCUT2D eigenvalue weighted by Crippen LogP contribution is 2.43. The predicted molar refractivity (Wildman–Crippen MR) is 148 cm³/mol. The van der Waals surface area contributed by atoms with Crippen LogP contribution in [0.3, 0.4) is 0 Å². The van der Waals surface area contributed by atoms with Gasteiger partial charge in [-0.3, -0.25) is 0 Å². The van der Waals surface area contributed by atoms with Gasteiger partial charge in [0.05, 0.1) is 5.56 Å². The molecule has 2 nitrogen and oxygen atoms in total. The minimum Gasteiger partial charge on any atom is -0.453 e. The van der Waals surface area contributed by atoms with E-state index in [0.717, 1.165) is 62.0 Å². The fourth-order valence-corrected chi connectivity index (χ4v) is 6.24. The maximum absolute atomic E-state index is 14.7. The molecule has 0 saturated heterocycles. The molecule has 4 rings (SSSR count). The van der Waals surface area contributed by atoms with E-state index in [1.807, 2.05) is 12.2 Å². The van der Waals surface area contributed by atoms with Crippen LogP contribution >= 0.6 is 0 Å². The van der Waals surface area contributed by atoms with Gasteiger partial charge in [-0.2, -0.15) is 17.6 Å². The van der Waals surface area contributed by atoms with E-state index in [1.54, 1.807) is 6.08 Å². The molecular weight excluding hydrogens is 561 g/mol. The number of hydrogen-bond acceptors (Lipinski definition) is 2. The fourth-order valence-electron chi connectivity index (χ4n) is 6.24. The molecule has 0 atom stereocenters. The molecule has 0 amide bonds. The molecule has 42 heavy (non-hydrogen) atoms. The summed E-state index contributed by atoms with van der Waals surface area (Å²) in [7, 11) is 0. The number of alkyl halides is 2. The summed E-state index contributed by atoms with van der Waals surface area (Å²) < 4.78 is 105. The van der Waals surface area contributed by atoms with Crippen molar-refractivity contribution < 1.29 is 40.2 Å². The third kappa shape index (κ3) is 8.42. The third-order valence-corrected chi connectivity index (χ3v) is 8.50. The molecular formula is C33H35F7O2. The van der Waals surface area contributed by atoms with E-state index < -0.39 is 46.7 Å². The number of halogens is 7. The number of allylic oxidation sites excluding steroid dienone is 2. The lowest BCUT2D eigenvalue weighted by Gasteiger charge is -2.37. The first-order valence-electron chi connectivity index (χ1n) is 14.4. The lowest BCUT2D eigenvalue weighted by atomic mass is 9.68. The molecule has 0 unspecified atom stereocenters. The zero-order valence-electron chi connectivity index (χ0n) is 23.2. The average Bonchev–Trinajstić information content (AvgIpc) is 2.94. The highest BCUT2D eigenvalue weighted by molar-refractivity contribution is 5.51. The van der Waals surface area contributed by atoms with Gasteiger partial charge in [0.25, 0.3) is 0 Å². The van der Waals surface area contributed by atoms with Gasteiger partial charge in [0.1, 0.15) is 11.6 Å². The monoisotopic (exact) mass is 596 g/mol. The highest BCUT2D eigenvalue weighted by atomic mass is 19.3. The van der Waals surface area contributed by atoms with Crippen molar-refractivity contribution in [1.82, 2.24) is 0 Å². The molecule has 0 bridgehead atoms. The summed E-state index contributed by atoms with van der Waals surface area (Å²) >= 11 is 0. The van der Waals surface area contributed by atoms with Crippen molar-refractivity contribution >= 4 is 6.08 Å².